The van der Waals surface area contributed by atoms with Crippen molar-refractivity contribution in [3.05, 3.63) is 25.5 Å². The zero-order valence-corrected chi connectivity index (χ0v) is 11.9. The van der Waals surface area contributed by atoms with Crippen molar-refractivity contribution in [1.82, 2.24) is 4.98 Å². The maximum Gasteiger partial charge on any atom is 0.340 e. The molecule has 7 heteroatoms. The molecule has 88 valence electrons. The molecule has 0 bridgehead atoms. The summed E-state index contributed by atoms with van der Waals surface area (Å²) >= 11 is 4.73. The Labute approximate surface area is 113 Å². The molecule has 0 unspecified atom stereocenters. The van der Waals surface area contributed by atoms with Crippen molar-refractivity contribution in [2.24, 2.45) is 0 Å². The van der Waals surface area contributed by atoms with E-state index >= 15 is 0 Å². The lowest BCUT2D eigenvalue weighted by Gasteiger charge is -2.08. The average Bonchev–Trinajstić information content (AvgIpc) is 2.17. The van der Waals surface area contributed by atoms with Gasteiger partial charge in [-0.25, -0.2) is 18.6 Å². The second-order valence-corrected chi connectivity index (χ2v) is 4.50. The Hall–Kier alpha value is -0.310. The molecule has 0 aliphatic heterocycles. The molecule has 3 nitrogen and oxygen atoms in total. The molecule has 0 fully saturated rings. The molecule has 16 heavy (non-hydrogen) atoms. The van der Waals surface area contributed by atoms with Crippen molar-refractivity contribution >= 4 is 44.5 Å². The summed E-state index contributed by atoms with van der Waals surface area (Å²) < 4.78 is 30.2. The molecular formula is C9H7BrF2INO2. The van der Waals surface area contributed by atoms with Crippen LogP contribution >= 0.6 is 38.5 Å². The average molecular weight is 406 g/mol. The molecule has 0 aromatic carbocycles. The van der Waals surface area contributed by atoms with E-state index in [0.717, 1.165) is 6.07 Å². The van der Waals surface area contributed by atoms with Crippen LogP contribution in [0, 0.1) is 3.70 Å². The summed E-state index contributed by atoms with van der Waals surface area (Å²) in [5.41, 5.74) is -0.260. The Balaban J connectivity index is 3.19. The number of hydrogen-bond donors (Lipinski definition) is 0. The molecule has 0 aliphatic rings. The minimum absolute atomic E-state index is 0.0116. The van der Waals surface area contributed by atoms with Crippen LogP contribution in [0.4, 0.5) is 8.78 Å². The molecule has 0 spiro atoms. The van der Waals surface area contributed by atoms with E-state index in [9.17, 15) is 13.6 Å². The highest BCUT2D eigenvalue weighted by atomic mass is 127. The van der Waals surface area contributed by atoms with Gasteiger partial charge in [-0.2, -0.15) is 0 Å². The number of carbonyl (C=O) groups is 1. The van der Waals surface area contributed by atoms with Crippen LogP contribution in [0.3, 0.4) is 0 Å². The predicted octanol–water partition coefficient (Wildman–Crippen LogP) is 3.56. The molecule has 0 atom stereocenters. The molecule has 1 aromatic heterocycles. The number of hydrogen-bond acceptors (Lipinski definition) is 3. The first-order valence-corrected chi connectivity index (χ1v) is 6.15. The van der Waals surface area contributed by atoms with Gasteiger partial charge in [-0.3, -0.25) is 0 Å². The number of nitrogens with zero attached hydrogens (tertiary/aromatic N) is 1. The Morgan fingerprint density at radius 2 is 2.31 bits per heavy atom. The van der Waals surface area contributed by atoms with Crippen LogP contribution in [-0.4, -0.2) is 17.6 Å². The number of alkyl halides is 2. The van der Waals surface area contributed by atoms with E-state index in [0.29, 0.717) is 0 Å². The fourth-order valence-electron chi connectivity index (χ4n) is 0.991. The van der Waals surface area contributed by atoms with Crippen LogP contribution < -0.4 is 0 Å². The smallest absolute Gasteiger partial charge is 0.340 e. The van der Waals surface area contributed by atoms with Gasteiger partial charge < -0.3 is 4.74 Å². The highest BCUT2D eigenvalue weighted by Gasteiger charge is 2.20. The van der Waals surface area contributed by atoms with E-state index in [2.05, 4.69) is 20.9 Å². The number of halogens is 4. The van der Waals surface area contributed by atoms with E-state index in [1.54, 1.807) is 29.5 Å². The molecular weight excluding hydrogens is 399 g/mol. The highest BCUT2D eigenvalue weighted by Crippen LogP contribution is 2.27. The first kappa shape index (κ1) is 13.8. The molecule has 1 rings (SSSR count). The minimum atomic E-state index is -2.67. The van der Waals surface area contributed by atoms with Crippen molar-refractivity contribution in [3.63, 3.8) is 0 Å². The minimum Gasteiger partial charge on any atom is -0.462 e. The van der Waals surface area contributed by atoms with Crippen LogP contribution in [0.25, 0.3) is 0 Å². The molecule has 0 radical (unpaired) electrons. The normalized spacial score (nSPS) is 10.6. The Morgan fingerprint density at radius 3 is 2.81 bits per heavy atom. The summed E-state index contributed by atoms with van der Waals surface area (Å²) in [6, 6.07) is 1.10. The number of rotatable bonds is 3. The predicted molar refractivity (Wildman–Crippen MR) is 65.6 cm³/mol. The molecule has 0 amide bonds. The van der Waals surface area contributed by atoms with Gasteiger partial charge in [0.05, 0.1) is 17.7 Å². The fraction of sp³-hybridized carbons (Fsp3) is 0.333. The van der Waals surface area contributed by atoms with Crippen molar-refractivity contribution in [2.75, 3.05) is 6.61 Å². The number of carbonyl (C=O) groups excluding carboxylic acids is 1. The van der Waals surface area contributed by atoms with Gasteiger partial charge in [0, 0.05) is 0 Å². The molecule has 0 N–H and O–H groups in total. The standard InChI is InChI=1S/C9H7BrF2INO2/c1-2-16-9(15)4-3-5(7(11)12)8(13)14-6(4)10/h3,7H,2H2,1H3. The topological polar surface area (TPSA) is 39.2 Å². The van der Waals surface area contributed by atoms with Crippen LogP contribution in [0.15, 0.2) is 10.7 Å². The maximum absolute atomic E-state index is 12.6. The first-order chi connectivity index (χ1) is 7.47. The summed E-state index contributed by atoms with van der Waals surface area (Å²) in [6.07, 6.45) is -2.67. The lowest BCUT2D eigenvalue weighted by Crippen LogP contribution is -2.09. The Kier molecular flexibility index (Phi) is 5.03. The highest BCUT2D eigenvalue weighted by molar-refractivity contribution is 14.1. The zero-order valence-electron chi connectivity index (χ0n) is 8.14. The first-order valence-electron chi connectivity index (χ1n) is 4.28. The third kappa shape index (κ3) is 3.09. The van der Waals surface area contributed by atoms with Gasteiger partial charge in [-0.05, 0) is 51.5 Å². The molecule has 1 heterocycles. The number of ether oxygens (including phenoxy) is 1. The lowest BCUT2D eigenvalue weighted by atomic mass is 10.2. The van der Waals surface area contributed by atoms with Gasteiger partial charge in [0.15, 0.2) is 0 Å². The molecule has 1 aromatic rings. The zero-order chi connectivity index (χ0) is 12.3. The quantitative estimate of drug-likeness (QED) is 0.438. The van der Waals surface area contributed by atoms with Crippen LogP contribution in [0.2, 0.25) is 0 Å². The Morgan fingerprint density at radius 1 is 1.69 bits per heavy atom. The summed E-state index contributed by atoms with van der Waals surface area (Å²) in [6.45, 7) is 1.82. The van der Waals surface area contributed by atoms with E-state index < -0.39 is 12.4 Å². The fourth-order valence-corrected chi connectivity index (χ4v) is 2.41. The third-order valence-corrected chi connectivity index (χ3v) is 3.16. The van der Waals surface area contributed by atoms with Gasteiger partial charge in [0.2, 0.25) is 0 Å². The van der Waals surface area contributed by atoms with Crippen LogP contribution in [0.1, 0.15) is 29.3 Å². The molecule has 0 saturated carbocycles. The third-order valence-electron chi connectivity index (χ3n) is 1.69. The summed E-state index contributed by atoms with van der Waals surface area (Å²) in [4.78, 5) is 15.2. The van der Waals surface area contributed by atoms with Gasteiger partial charge in [0.1, 0.15) is 8.30 Å². The maximum atomic E-state index is 12.6. The molecule has 0 aliphatic carbocycles. The monoisotopic (exact) mass is 405 g/mol. The van der Waals surface area contributed by atoms with Gasteiger partial charge in [-0.15, -0.1) is 0 Å². The van der Waals surface area contributed by atoms with E-state index in [-0.39, 0.29) is 26.0 Å². The second-order valence-electron chi connectivity index (χ2n) is 2.73. The van der Waals surface area contributed by atoms with Crippen LogP contribution in [-0.2, 0) is 4.74 Å². The number of esters is 1. The number of aromatic nitrogens is 1. The van der Waals surface area contributed by atoms with Gasteiger partial charge in [-0.1, -0.05) is 0 Å². The summed E-state index contributed by atoms with van der Waals surface area (Å²) in [5, 5.41) is 0. The van der Waals surface area contributed by atoms with Crippen molar-refractivity contribution in [2.45, 2.75) is 13.3 Å². The largest absolute Gasteiger partial charge is 0.462 e. The van der Waals surface area contributed by atoms with E-state index in [1.807, 2.05) is 0 Å². The number of pyridine rings is 1. The molecule has 0 saturated heterocycles. The Bertz CT molecular complexity index is 415. The second kappa shape index (κ2) is 5.85. The van der Waals surface area contributed by atoms with Gasteiger partial charge in [0.25, 0.3) is 6.43 Å². The van der Waals surface area contributed by atoms with E-state index in [1.165, 1.54) is 0 Å². The van der Waals surface area contributed by atoms with Crippen molar-refractivity contribution in [1.29, 1.82) is 0 Å². The van der Waals surface area contributed by atoms with Crippen molar-refractivity contribution in [3.8, 4) is 0 Å². The van der Waals surface area contributed by atoms with Crippen molar-refractivity contribution < 1.29 is 18.3 Å². The summed E-state index contributed by atoms with van der Waals surface area (Å²) in [5.74, 6) is -0.667. The van der Waals surface area contributed by atoms with E-state index in [4.69, 9.17) is 4.74 Å². The summed E-state index contributed by atoms with van der Waals surface area (Å²) in [7, 11) is 0. The lowest BCUT2D eigenvalue weighted by molar-refractivity contribution is 0.0524. The van der Waals surface area contributed by atoms with Gasteiger partial charge >= 0.3 is 5.97 Å². The SMILES string of the molecule is CCOC(=O)c1cc(C(F)F)c(I)nc1Br. The van der Waals surface area contributed by atoms with Crippen LogP contribution in [0.5, 0.6) is 0 Å².